The van der Waals surface area contributed by atoms with Crippen LogP contribution in [-0.2, 0) is 0 Å². The summed E-state index contributed by atoms with van der Waals surface area (Å²) in [5.41, 5.74) is 3.70. The van der Waals surface area contributed by atoms with Crippen LogP contribution in [-0.4, -0.2) is 37.6 Å². The molecule has 1 amide bonds. The van der Waals surface area contributed by atoms with Gasteiger partial charge in [0.05, 0.1) is 0 Å². The van der Waals surface area contributed by atoms with E-state index in [9.17, 15) is 4.79 Å². The van der Waals surface area contributed by atoms with E-state index >= 15 is 0 Å². The highest BCUT2D eigenvalue weighted by Gasteiger charge is 2.20. The maximum Gasteiger partial charge on any atom is 0.251 e. The summed E-state index contributed by atoms with van der Waals surface area (Å²) in [6, 6.07) is 9.23. The van der Waals surface area contributed by atoms with E-state index in [-0.39, 0.29) is 5.91 Å². The van der Waals surface area contributed by atoms with E-state index in [4.69, 9.17) is 0 Å². The van der Waals surface area contributed by atoms with Crippen molar-refractivity contribution >= 4 is 11.6 Å². The number of anilines is 1. The number of nitrogens with zero attached hydrogens (tertiary/aromatic N) is 1. The average molecular weight is 396 g/mol. The van der Waals surface area contributed by atoms with Crippen molar-refractivity contribution in [2.24, 2.45) is 0 Å². The first kappa shape index (κ1) is 20.5. The number of amides is 1. The molecule has 1 heterocycles. The molecule has 0 unspecified atom stereocenters. The molecule has 0 bridgehead atoms. The highest BCUT2D eigenvalue weighted by Crippen LogP contribution is 2.23. The zero-order chi connectivity index (χ0) is 19.9. The molecule has 1 saturated heterocycles. The number of hydrogen-bond donors (Lipinski definition) is 2. The molecule has 0 spiro atoms. The molecule has 0 aromatic heterocycles. The smallest absolute Gasteiger partial charge is 0.251 e. The minimum absolute atomic E-state index is 0.0828. The fourth-order valence-corrected chi connectivity index (χ4v) is 5.07. The molecule has 1 saturated carbocycles. The molecule has 158 valence electrons. The quantitative estimate of drug-likeness (QED) is 0.651. The lowest BCUT2D eigenvalue weighted by atomic mass is 9.97. The van der Waals surface area contributed by atoms with Crippen LogP contribution in [0.4, 0.5) is 5.69 Å². The van der Waals surface area contributed by atoms with Crippen LogP contribution < -0.4 is 15.5 Å². The summed E-state index contributed by atoms with van der Waals surface area (Å²) < 4.78 is 0. The fraction of sp³-hybridized carbons (Fsp3) is 0.640. The molecule has 2 aliphatic carbocycles. The lowest BCUT2D eigenvalue weighted by Crippen LogP contribution is -2.42. The summed E-state index contributed by atoms with van der Waals surface area (Å²) in [7, 11) is 0. The summed E-state index contributed by atoms with van der Waals surface area (Å²) in [6.45, 7) is 3.31. The Morgan fingerprint density at radius 2 is 1.69 bits per heavy atom. The molecule has 4 rings (SSSR count). The Hall–Kier alpha value is -1.81. The summed E-state index contributed by atoms with van der Waals surface area (Å²) in [5.74, 6) is 0.0828. The molecule has 0 atom stereocenters. The standard InChI is InChI=1S/C25H37N3O/c29-25(27-23-8-4-5-9-23)21-10-12-24(13-11-21)28-18-15-22(16-19-28)26-17-14-20-6-2-1-3-7-20/h6,10-13,22-23,26H,1-5,7-9,14-19H2,(H,27,29). The minimum atomic E-state index is 0.0828. The van der Waals surface area contributed by atoms with Gasteiger partial charge in [-0.1, -0.05) is 24.5 Å². The van der Waals surface area contributed by atoms with Gasteiger partial charge in [0, 0.05) is 36.4 Å². The Kier molecular flexibility index (Phi) is 7.26. The Morgan fingerprint density at radius 3 is 2.38 bits per heavy atom. The highest BCUT2D eigenvalue weighted by atomic mass is 16.1. The maximum absolute atomic E-state index is 12.4. The topological polar surface area (TPSA) is 44.4 Å². The van der Waals surface area contributed by atoms with Gasteiger partial charge in [-0.25, -0.2) is 0 Å². The molecular weight excluding hydrogens is 358 g/mol. The van der Waals surface area contributed by atoms with E-state index in [0.717, 1.165) is 38.0 Å². The molecule has 0 radical (unpaired) electrons. The van der Waals surface area contributed by atoms with Gasteiger partial charge in [-0.2, -0.15) is 0 Å². The van der Waals surface area contributed by atoms with Crippen molar-refractivity contribution < 1.29 is 4.79 Å². The maximum atomic E-state index is 12.4. The predicted molar refractivity (Wildman–Crippen MR) is 121 cm³/mol. The first-order valence-electron chi connectivity index (χ1n) is 11.8. The Labute approximate surface area is 176 Å². The number of hydrogen-bond acceptors (Lipinski definition) is 3. The first-order valence-corrected chi connectivity index (χ1v) is 11.8. The number of carbonyl (C=O) groups is 1. The molecule has 2 N–H and O–H groups in total. The number of rotatable bonds is 7. The van der Waals surface area contributed by atoms with Crippen LogP contribution in [0.1, 0.15) is 81.0 Å². The van der Waals surface area contributed by atoms with Gasteiger partial charge < -0.3 is 15.5 Å². The molecular formula is C25H37N3O. The summed E-state index contributed by atoms with van der Waals surface area (Å²) in [5, 5.41) is 6.96. The van der Waals surface area contributed by atoms with Gasteiger partial charge in [0.15, 0.2) is 0 Å². The normalized spacial score (nSPS) is 21.2. The van der Waals surface area contributed by atoms with Crippen molar-refractivity contribution in [3.8, 4) is 0 Å². The number of carbonyl (C=O) groups excluding carboxylic acids is 1. The van der Waals surface area contributed by atoms with Crippen LogP contribution >= 0.6 is 0 Å². The SMILES string of the molecule is O=C(NC1CCCC1)c1ccc(N2CCC(NCCC3=CCCCC3)CC2)cc1. The van der Waals surface area contributed by atoms with Gasteiger partial charge in [-0.3, -0.25) is 4.79 Å². The highest BCUT2D eigenvalue weighted by molar-refractivity contribution is 5.94. The molecule has 2 fully saturated rings. The lowest BCUT2D eigenvalue weighted by molar-refractivity contribution is 0.0938. The molecule has 1 aromatic rings. The third-order valence-corrected chi connectivity index (χ3v) is 6.94. The molecule has 4 nitrogen and oxygen atoms in total. The van der Waals surface area contributed by atoms with Gasteiger partial charge in [0.2, 0.25) is 0 Å². The summed E-state index contributed by atoms with van der Waals surface area (Å²) in [4.78, 5) is 14.9. The van der Waals surface area contributed by atoms with Crippen LogP contribution in [0.25, 0.3) is 0 Å². The van der Waals surface area contributed by atoms with Crippen molar-refractivity contribution in [1.82, 2.24) is 10.6 Å². The van der Waals surface area contributed by atoms with Gasteiger partial charge in [-0.15, -0.1) is 0 Å². The van der Waals surface area contributed by atoms with Gasteiger partial charge in [-0.05, 0) is 88.6 Å². The van der Waals surface area contributed by atoms with Crippen LogP contribution in [0.15, 0.2) is 35.9 Å². The lowest BCUT2D eigenvalue weighted by Gasteiger charge is -2.34. The second-order valence-electron chi connectivity index (χ2n) is 9.08. The molecule has 4 heteroatoms. The molecule has 29 heavy (non-hydrogen) atoms. The molecule has 3 aliphatic rings. The number of allylic oxidation sites excluding steroid dienone is 1. The van der Waals surface area contributed by atoms with Crippen molar-refractivity contribution in [1.29, 1.82) is 0 Å². The summed E-state index contributed by atoms with van der Waals surface area (Å²) in [6.07, 6.45) is 16.2. The van der Waals surface area contributed by atoms with Gasteiger partial charge in [0.1, 0.15) is 0 Å². The fourth-order valence-electron chi connectivity index (χ4n) is 5.07. The van der Waals surface area contributed by atoms with E-state index in [1.807, 2.05) is 12.1 Å². The van der Waals surface area contributed by atoms with Crippen LogP contribution in [0, 0.1) is 0 Å². The third-order valence-electron chi connectivity index (χ3n) is 6.94. The van der Waals surface area contributed by atoms with Crippen LogP contribution in [0.3, 0.4) is 0 Å². The number of benzene rings is 1. The summed E-state index contributed by atoms with van der Waals surface area (Å²) >= 11 is 0. The van der Waals surface area contributed by atoms with E-state index in [2.05, 4.69) is 33.7 Å². The second kappa shape index (κ2) is 10.3. The van der Waals surface area contributed by atoms with E-state index in [1.165, 1.54) is 63.5 Å². The monoisotopic (exact) mass is 395 g/mol. The molecule has 1 aliphatic heterocycles. The van der Waals surface area contributed by atoms with Crippen LogP contribution in [0.2, 0.25) is 0 Å². The Bertz CT molecular complexity index is 683. The van der Waals surface area contributed by atoms with Gasteiger partial charge >= 0.3 is 0 Å². The van der Waals surface area contributed by atoms with E-state index in [1.54, 1.807) is 5.57 Å². The van der Waals surface area contributed by atoms with E-state index in [0.29, 0.717) is 12.1 Å². The number of piperidine rings is 1. The zero-order valence-electron chi connectivity index (χ0n) is 17.8. The first-order chi connectivity index (χ1) is 14.3. The second-order valence-corrected chi connectivity index (χ2v) is 9.08. The van der Waals surface area contributed by atoms with Crippen molar-refractivity contribution in [2.45, 2.75) is 82.7 Å². The van der Waals surface area contributed by atoms with E-state index < -0.39 is 0 Å². The minimum Gasteiger partial charge on any atom is -0.371 e. The Morgan fingerprint density at radius 1 is 0.931 bits per heavy atom. The van der Waals surface area contributed by atoms with Crippen molar-refractivity contribution in [2.75, 3.05) is 24.5 Å². The van der Waals surface area contributed by atoms with Crippen molar-refractivity contribution in [3.05, 3.63) is 41.5 Å². The van der Waals surface area contributed by atoms with Gasteiger partial charge in [0.25, 0.3) is 5.91 Å². The largest absolute Gasteiger partial charge is 0.371 e. The van der Waals surface area contributed by atoms with Crippen LogP contribution in [0.5, 0.6) is 0 Å². The van der Waals surface area contributed by atoms with Crippen molar-refractivity contribution in [3.63, 3.8) is 0 Å². The molecule has 1 aromatic carbocycles. The number of nitrogens with one attached hydrogen (secondary N) is 2. The predicted octanol–water partition coefficient (Wildman–Crippen LogP) is 4.81. The zero-order valence-corrected chi connectivity index (χ0v) is 17.8. The Balaban J connectivity index is 1.19. The third kappa shape index (κ3) is 5.85. The average Bonchev–Trinajstić information content (AvgIpc) is 3.28.